The van der Waals surface area contributed by atoms with Crippen molar-refractivity contribution in [1.29, 1.82) is 0 Å². The van der Waals surface area contributed by atoms with E-state index >= 15 is 0 Å². The maximum atomic E-state index is 11.7. The molecule has 0 saturated carbocycles. The van der Waals surface area contributed by atoms with E-state index in [9.17, 15) is 9.90 Å². The molecule has 0 saturated heterocycles. The predicted molar refractivity (Wildman–Crippen MR) is 54.4 cm³/mol. The molecule has 1 N–H and O–H groups in total. The van der Waals surface area contributed by atoms with Crippen molar-refractivity contribution in [1.82, 2.24) is 0 Å². The lowest BCUT2D eigenvalue weighted by molar-refractivity contribution is -0.118. The summed E-state index contributed by atoms with van der Waals surface area (Å²) in [7, 11) is 1.70. The second kappa shape index (κ2) is 2.87. The summed E-state index contributed by atoms with van der Waals surface area (Å²) in [6, 6.07) is 7.41. The molecule has 3 nitrogen and oxygen atoms in total. The van der Waals surface area contributed by atoms with Crippen LogP contribution in [-0.4, -0.2) is 18.1 Å². The van der Waals surface area contributed by atoms with Crippen molar-refractivity contribution in [2.24, 2.45) is 0 Å². The first-order valence-electron chi connectivity index (χ1n) is 4.37. The van der Waals surface area contributed by atoms with Gasteiger partial charge in [-0.1, -0.05) is 24.8 Å². The van der Waals surface area contributed by atoms with Crippen LogP contribution in [0.1, 0.15) is 11.5 Å². The lowest BCUT2D eigenvalue weighted by Gasteiger charge is -2.09. The van der Waals surface area contributed by atoms with Gasteiger partial charge >= 0.3 is 0 Å². The van der Waals surface area contributed by atoms with E-state index in [0.29, 0.717) is 0 Å². The molecule has 0 aromatic heterocycles. The van der Waals surface area contributed by atoms with Gasteiger partial charge in [0.25, 0.3) is 0 Å². The molecule has 1 atom stereocenters. The van der Waals surface area contributed by atoms with Gasteiger partial charge in [0.1, 0.15) is 11.7 Å². The number of aliphatic hydroxyl groups is 1. The molecule has 0 aliphatic carbocycles. The zero-order valence-corrected chi connectivity index (χ0v) is 7.90. The van der Waals surface area contributed by atoms with Crippen LogP contribution in [0.25, 0.3) is 0 Å². The number of aliphatic hydroxyl groups excluding tert-OH is 1. The van der Waals surface area contributed by atoms with E-state index in [4.69, 9.17) is 0 Å². The molecule has 14 heavy (non-hydrogen) atoms. The fraction of sp³-hybridized carbons (Fsp3) is 0.182. The van der Waals surface area contributed by atoms with E-state index in [1.807, 2.05) is 24.3 Å². The number of amides is 1. The molecule has 1 aliphatic heterocycles. The van der Waals surface area contributed by atoms with E-state index in [2.05, 4.69) is 6.58 Å². The van der Waals surface area contributed by atoms with Crippen LogP contribution in [0.2, 0.25) is 0 Å². The molecule has 0 fully saturated rings. The summed E-state index contributed by atoms with van der Waals surface area (Å²) in [4.78, 5) is 13.3. The number of para-hydroxylation sites is 1. The second-order valence-corrected chi connectivity index (χ2v) is 3.38. The average molecular weight is 189 g/mol. The van der Waals surface area contributed by atoms with Crippen LogP contribution in [0.5, 0.6) is 0 Å². The van der Waals surface area contributed by atoms with Crippen molar-refractivity contribution >= 4 is 11.6 Å². The van der Waals surface area contributed by atoms with E-state index in [0.717, 1.165) is 11.3 Å². The summed E-state index contributed by atoms with van der Waals surface area (Å²) < 4.78 is 0. The molecule has 1 aliphatic rings. The van der Waals surface area contributed by atoms with Crippen molar-refractivity contribution in [3.8, 4) is 0 Å². The number of carbonyl (C=O) groups is 1. The van der Waals surface area contributed by atoms with Gasteiger partial charge in [-0.2, -0.15) is 0 Å². The van der Waals surface area contributed by atoms with Gasteiger partial charge in [0.2, 0.25) is 5.91 Å². The van der Waals surface area contributed by atoms with Crippen LogP contribution in [0.4, 0.5) is 5.69 Å². The van der Waals surface area contributed by atoms with Crippen molar-refractivity contribution in [3.63, 3.8) is 0 Å². The molecular formula is C11H11NO2. The number of hydrogen-bond acceptors (Lipinski definition) is 2. The highest BCUT2D eigenvalue weighted by molar-refractivity contribution is 6.06. The van der Waals surface area contributed by atoms with Crippen LogP contribution in [0.15, 0.2) is 36.6 Å². The maximum Gasteiger partial charge on any atom is 0.241 e. The zero-order valence-electron chi connectivity index (χ0n) is 7.90. The van der Waals surface area contributed by atoms with E-state index in [1.165, 1.54) is 0 Å². The lowest BCUT2D eigenvalue weighted by Crippen LogP contribution is -2.24. The first-order chi connectivity index (χ1) is 6.63. The summed E-state index contributed by atoms with van der Waals surface area (Å²) >= 11 is 0. The normalized spacial score (nSPS) is 19.6. The monoisotopic (exact) mass is 189 g/mol. The quantitative estimate of drug-likeness (QED) is 0.684. The minimum Gasteiger partial charge on any atom is -0.512 e. The fourth-order valence-corrected chi connectivity index (χ4v) is 1.80. The summed E-state index contributed by atoms with van der Waals surface area (Å²) in [6.45, 7) is 3.43. The van der Waals surface area contributed by atoms with Crippen molar-refractivity contribution < 1.29 is 9.90 Å². The largest absolute Gasteiger partial charge is 0.512 e. The Bertz CT molecular complexity index is 412. The minimum atomic E-state index is -0.587. The molecule has 1 aromatic carbocycles. The van der Waals surface area contributed by atoms with E-state index in [-0.39, 0.29) is 11.7 Å². The summed E-state index contributed by atoms with van der Waals surface area (Å²) in [5.74, 6) is -0.804. The third-order valence-corrected chi connectivity index (χ3v) is 2.52. The smallest absolute Gasteiger partial charge is 0.241 e. The van der Waals surface area contributed by atoms with Gasteiger partial charge in [-0.05, 0) is 11.6 Å². The zero-order chi connectivity index (χ0) is 10.3. The number of fused-ring (bicyclic) bond motifs is 1. The molecule has 72 valence electrons. The Morgan fingerprint density at radius 3 is 2.79 bits per heavy atom. The SMILES string of the molecule is C=C(O)C1C(=O)N(C)c2ccccc21. The first kappa shape index (κ1) is 8.81. The number of rotatable bonds is 1. The van der Waals surface area contributed by atoms with E-state index < -0.39 is 5.92 Å². The molecule has 2 rings (SSSR count). The number of benzene rings is 1. The molecule has 1 aromatic rings. The molecule has 1 amide bonds. The Kier molecular flexibility index (Phi) is 1.81. The van der Waals surface area contributed by atoms with Crippen LogP contribution in [-0.2, 0) is 4.79 Å². The Hall–Kier alpha value is -1.77. The predicted octanol–water partition coefficient (Wildman–Crippen LogP) is 1.82. The Morgan fingerprint density at radius 1 is 1.50 bits per heavy atom. The molecule has 0 bridgehead atoms. The molecular weight excluding hydrogens is 178 g/mol. The molecule has 0 radical (unpaired) electrons. The molecule has 3 heteroatoms. The molecule has 1 heterocycles. The molecule has 0 spiro atoms. The first-order valence-corrected chi connectivity index (χ1v) is 4.37. The third-order valence-electron chi connectivity index (χ3n) is 2.52. The highest BCUT2D eigenvalue weighted by Crippen LogP contribution is 2.38. The van der Waals surface area contributed by atoms with E-state index in [1.54, 1.807) is 11.9 Å². The number of hydrogen-bond donors (Lipinski definition) is 1. The van der Waals surface area contributed by atoms with Gasteiger partial charge in [-0.15, -0.1) is 0 Å². The Labute approximate surface area is 82.3 Å². The molecule has 1 unspecified atom stereocenters. The van der Waals surface area contributed by atoms with Crippen molar-refractivity contribution in [2.75, 3.05) is 11.9 Å². The topological polar surface area (TPSA) is 40.5 Å². The van der Waals surface area contributed by atoms with Crippen LogP contribution in [0, 0.1) is 0 Å². The standard InChI is InChI=1S/C11H11NO2/c1-7(13)10-8-5-3-4-6-9(8)12(2)11(10)14/h3-6,10,13H,1H2,2H3. The van der Waals surface area contributed by atoms with Crippen LogP contribution in [0.3, 0.4) is 0 Å². The van der Waals surface area contributed by atoms with Gasteiger partial charge in [0, 0.05) is 12.7 Å². The van der Waals surface area contributed by atoms with Gasteiger partial charge < -0.3 is 10.0 Å². The highest BCUT2D eigenvalue weighted by Gasteiger charge is 2.36. The highest BCUT2D eigenvalue weighted by atomic mass is 16.3. The summed E-state index contributed by atoms with van der Waals surface area (Å²) in [5.41, 5.74) is 1.67. The summed E-state index contributed by atoms with van der Waals surface area (Å²) in [6.07, 6.45) is 0. The summed E-state index contributed by atoms with van der Waals surface area (Å²) in [5, 5.41) is 9.35. The van der Waals surface area contributed by atoms with Gasteiger partial charge in [0.05, 0.1) is 0 Å². The number of anilines is 1. The van der Waals surface area contributed by atoms with Crippen LogP contribution >= 0.6 is 0 Å². The third kappa shape index (κ3) is 1.02. The lowest BCUT2D eigenvalue weighted by atomic mass is 10.00. The Morgan fingerprint density at radius 2 is 2.14 bits per heavy atom. The van der Waals surface area contributed by atoms with Gasteiger partial charge in [-0.3, -0.25) is 4.79 Å². The van der Waals surface area contributed by atoms with Crippen molar-refractivity contribution in [2.45, 2.75) is 5.92 Å². The number of likely N-dealkylation sites (N-methyl/N-ethyl adjacent to an activating group) is 1. The van der Waals surface area contributed by atoms with Crippen molar-refractivity contribution in [3.05, 3.63) is 42.2 Å². The average Bonchev–Trinajstić information content (AvgIpc) is 2.41. The maximum absolute atomic E-state index is 11.7. The minimum absolute atomic E-state index is 0.0909. The fourth-order valence-electron chi connectivity index (χ4n) is 1.80. The number of nitrogens with zero attached hydrogens (tertiary/aromatic N) is 1. The van der Waals surface area contributed by atoms with Crippen LogP contribution < -0.4 is 4.90 Å². The van der Waals surface area contributed by atoms with Gasteiger partial charge in [0.15, 0.2) is 0 Å². The Balaban J connectivity index is 2.59. The number of carbonyl (C=O) groups excluding carboxylic acids is 1. The second-order valence-electron chi connectivity index (χ2n) is 3.38. The van der Waals surface area contributed by atoms with Gasteiger partial charge in [-0.25, -0.2) is 0 Å².